The smallest absolute Gasteiger partial charge is 0.123 e. The number of rotatable bonds is 8. The molecule has 0 fully saturated rings. The van der Waals surface area contributed by atoms with Gasteiger partial charge in [0.05, 0.1) is 0 Å². The highest BCUT2D eigenvalue weighted by Gasteiger charge is 2.29. The number of fused-ring (bicyclic) bond motifs is 1. The van der Waals surface area contributed by atoms with Crippen molar-refractivity contribution in [1.29, 1.82) is 0 Å². The van der Waals surface area contributed by atoms with E-state index in [2.05, 4.69) is 44.3 Å². The first-order valence-corrected chi connectivity index (χ1v) is 7.70. The maximum atomic E-state index is 5.89. The Morgan fingerprint density at radius 2 is 2.15 bits per heavy atom. The third-order valence-electron chi connectivity index (χ3n) is 3.45. The minimum absolute atomic E-state index is 0.0506. The van der Waals surface area contributed by atoms with E-state index in [0.29, 0.717) is 0 Å². The van der Waals surface area contributed by atoms with Crippen LogP contribution in [0.5, 0.6) is 5.75 Å². The second-order valence-electron chi connectivity index (χ2n) is 6.12. The van der Waals surface area contributed by atoms with Crippen molar-refractivity contribution < 1.29 is 9.47 Å². The first-order chi connectivity index (χ1) is 9.61. The molecule has 0 spiro atoms. The molecule has 1 aromatic carbocycles. The van der Waals surface area contributed by atoms with Gasteiger partial charge in [-0.05, 0) is 50.4 Å². The molecule has 0 aliphatic carbocycles. The molecule has 0 bridgehead atoms. The Hall–Kier alpha value is -1.06. The summed E-state index contributed by atoms with van der Waals surface area (Å²) < 4.78 is 11.4. The van der Waals surface area contributed by atoms with Gasteiger partial charge in [-0.2, -0.15) is 0 Å². The summed E-state index contributed by atoms with van der Waals surface area (Å²) in [5.74, 6) is 1.05. The van der Waals surface area contributed by atoms with E-state index >= 15 is 0 Å². The molecule has 1 heterocycles. The Bertz CT molecular complexity index is 429. The van der Waals surface area contributed by atoms with Gasteiger partial charge in [-0.3, -0.25) is 0 Å². The van der Waals surface area contributed by atoms with Crippen LogP contribution < -0.4 is 10.1 Å². The van der Waals surface area contributed by atoms with Gasteiger partial charge in [0.2, 0.25) is 0 Å². The largest absolute Gasteiger partial charge is 0.487 e. The minimum Gasteiger partial charge on any atom is -0.487 e. The molecule has 0 amide bonds. The molecule has 3 heteroatoms. The van der Waals surface area contributed by atoms with Gasteiger partial charge in [0.15, 0.2) is 0 Å². The molecular formula is C17H27NO2. The van der Waals surface area contributed by atoms with E-state index in [1.165, 1.54) is 11.1 Å². The Morgan fingerprint density at radius 3 is 2.95 bits per heavy atom. The summed E-state index contributed by atoms with van der Waals surface area (Å²) in [5, 5.41) is 3.47. The fourth-order valence-electron chi connectivity index (χ4n) is 2.55. The standard InChI is InChI=1S/C17H27NO2/c1-4-9-19-10-5-8-18-13-14-6-7-16-15(11-14)12-17(2,3)20-16/h6-7,11,18H,4-5,8-10,12-13H2,1-3H3. The molecule has 1 N–H and O–H groups in total. The van der Waals surface area contributed by atoms with Crippen LogP contribution in [-0.2, 0) is 17.7 Å². The fraction of sp³-hybridized carbons (Fsp3) is 0.647. The maximum Gasteiger partial charge on any atom is 0.123 e. The van der Waals surface area contributed by atoms with Crippen LogP contribution in [-0.4, -0.2) is 25.4 Å². The second kappa shape index (κ2) is 7.09. The fourth-order valence-corrected chi connectivity index (χ4v) is 2.55. The molecule has 0 aromatic heterocycles. The van der Waals surface area contributed by atoms with Crippen LogP contribution in [0, 0.1) is 0 Å². The highest BCUT2D eigenvalue weighted by Crippen LogP contribution is 2.35. The van der Waals surface area contributed by atoms with E-state index in [1.54, 1.807) is 0 Å². The van der Waals surface area contributed by atoms with E-state index < -0.39 is 0 Å². The summed E-state index contributed by atoms with van der Waals surface area (Å²) in [6.45, 7) is 10.1. The number of hydrogen-bond acceptors (Lipinski definition) is 3. The molecule has 0 radical (unpaired) electrons. The lowest BCUT2D eigenvalue weighted by Crippen LogP contribution is -2.24. The van der Waals surface area contributed by atoms with Gasteiger partial charge in [-0.1, -0.05) is 19.1 Å². The number of nitrogens with one attached hydrogen (secondary N) is 1. The molecule has 0 atom stereocenters. The molecule has 1 aliphatic heterocycles. The average Bonchev–Trinajstić information content (AvgIpc) is 2.71. The van der Waals surface area contributed by atoms with Crippen LogP contribution in [0.15, 0.2) is 18.2 Å². The molecule has 20 heavy (non-hydrogen) atoms. The van der Waals surface area contributed by atoms with Gasteiger partial charge in [-0.25, -0.2) is 0 Å². The zero-order valence-corrected chi connectivity index (χ0v) is 13.0. The normalized spacial score (nSPS) is 15.9. The van der Waals surface area contributed by atoms with Gasteiger partial charge >= 0.3 is 0 Å². The van der Waals surface area contributed by atoms with Crippen molar-refractivity contribution in [3.8, 4) is 5.75 Å². The van der Waals surface area contributed by atoms with Crippen molar-refractivity contribution in [2.45, 2.75) is 52.2 Å². The molecule has 1 aliphatic rings. The first kappa shape index (κ1) is 15.3. The lowest BCUT2D eigenvalue weighted by atomic mass is 10.0. The Kier molecular flexibility index (Phi) is 5.44. The molecular weight excluding hydrogens is 250 g/mol. The number of benzene rings is 1. The van der Waals surface area contributed by atoms with Crippen LogP contribution in [0.3, 0.4) is 0 Å². The summed E-state index contributed by atoms with van der Waals surface area (Å²) in [6, 6.07) is 6.52. The monoisotopic (exact) mass is 277 g/mol. The van der Waals surface area contributed by atoms with Gasteiger partial charge in [0.1, 0.15) is 11.4 Å². The zero-order valence-electron chi connectivity index (χ0n) is 13.0. The van der Waals surface area contributed by atoms with Gasteiger partial charge in [0.25, 0.3) is 0 Å². The molecule has 2 rings (SSSR count). The third-order valence-corrected chi connectivity index (χ3v) is 3.45. The summed E-state index contributed by atoms with van der Waals surface area (Å²) in [6.07, 6.45) is 3.17. The Labute approximate surface area is 122 Å². The van der Waals surface area contributed by atoms with Crippen molar-refractivity contribution >= 4 is 0 Å². The summed E-state index contributed by atoms with van der Waals surface area (Å²) in [7, 11) is 0. The third kappa shape index (κ3) is 4.50. The highest BCUT2D eigenvalue weighted by atomic mass is 16.5. The predicted octanol–water partition coefficient (Wildman–Crippen LogP) is 3.31. The molecule has 3 nitrogen and oxygen atoms in total. The summed E-state index contributed by atoms with van der Waals surface area (Å²) >= 11 is 0. The lowest BCUT2D eigenvalue weighted by molar-refractivity contribution is 0.132. The van der Waals surface area contributed by atoms with Crippen molar-refractivity contribution in [2.75, 3.05) is 19.8 Å². The van der Waals surface area contributed by atoms with Crippen LogP contribution in [0.25, 0.3) is 0 Å². The molecule has 1 aromatic rings. The Morgan fingerprint density at radius 1 is 1.30 bits per heavy atom. The van der Waals surface area contributed by atoms with Crippen LogP contribution in [0.4, 0.5) is 0 Å². The quantitative estimate of drug-likeness (QED) is 0.740. The number of hydrogen-bond donors (Lipinski definition) is 1. The molecule has 0 saturated carbocycles. The minimum atomic E-state index is -0.0506. The van der Waals surface area contributed by atoms with Crippen molar-refractivity contribution in [1.82, 2.24) is 5.32 Å². The van der Waals surface area contributed by atoms with E-state index in [9.17, 15) is 0 Å². The second-order valence-corrected chi connectivity index (χ2v) is 6.12. The van der Waals surface area contributed by atoms with Gasteiger partial charge in [0, 0.05) is 26.2 Å². The first-order valence-electron chi connectivity index (χ1n) is 7.70. The summed E-state index contributed by atoms with van der Waals surface area (Å²) in [5.41, 5.74) is 2.62. The van der Waals surface area contributed by atoms with E-state index in [1.807, 2.05) is 0 Å². The van der Waals surface area contributed by atoms with Crippen LogP contribution >= 0.6 is 0 Å². The highest BCUT2D eigenvalue weighted by molar-refractivity contribution is 5.41. The van der Waals surface area contributed by atoms with Crippen molar-refractivity contribution in [3.05, 3.63) is 29.3 Å². The van der Waals surface area contributed by atoms with Crippen molar-refractivity contribution in [3.63, 3.8) is 0 Å². The summed E-state index contributed by atoms with van der Waals surface area (Å²) in [4.78, 5) is 0. The maximum absolute atomic E-state index is 5.89. The van der Waals surface area contributed by atoms with E-state index in [-0.39, 0.29) is 5.60 Å². The van der Waals surface area contributed by atoms with E-state index in [4.69, 9.17) is 9.47 Å². The predicted molar refractivity (Wildman–Crippen MR) is 82.3 cm³/mol. The Balaban J connectivity index is 1.70. The molecule has 112 valence electrons. The lowest BCUT2D eigenvalue weighted by Gasteiger charge is -2.16. The van der Waals surface area contributed by atoms with Crippen LogP contribution in [0.1, 0.15) is 44.7 Å². The van der Waals surface area contributed by atoms with Gasteiger partial charge in [-0.15, -0.1) is 0 Å². The molecule has 0 saturated heterocycles. The zero-order chi connectivity index (χ0) is 14.4. The van der Waals surface area contributed by atoms with E-state index in [0.717, 1.165) is 51.3 Å². The molecule has 0 unspecified atom stereocenters. The topological polar surface area (TPSA) is 30.5 Å². The van der Waals surface area contributed by atoms with Gasteiger partial charge < -0.3 is 14.8 Å². The average molecular weight is 277 g/mol. The SMILES string of the molecule is CCCOCCCNCc1ccc2c(c1)CC(C)(C)O2. The van der Waals surface area contributed by atoms with Crippen molar-refractivity contribution in [2.24, 2.45) is 0 Å². The van der Waals surface area contributed by atoms with Crippen LogP contribution in [0.2, 0.25) is 0 Å². The number of ether oxygens (including phenoxy) is 2.